The molecule has 1 saturated heterocycles. The van der Waals surface area contributed by atoms with E-state index in [1.54, 1.807) is 12.3 Å². The molecule has 1 amide bonds. The van der Waals surface area contributed by atoms with Crippen molar-refractivity contribution in [1.29, 1.82) is 0 Å². The first kappa shape index (κ1) is 12.8. The van der Waals surface area contributed by atoms with Gasteiger partial charge in [-0.05, 0) is 44.1 Å². The van der Waals surface area contributed by atoms with Gasteiger partial charge in [0.25, 0.3) is 5.91 Å². The average Bonchev–Trinajstić information content (AvgIpc) is 3.10. The van der Waals surface area contributed by atoms with Gasteiger partial charge in [0, 0.05) is 18.3 Å². The molecule has 1 aliphatic rings. The van der Waals surface area contributed by atoms with Crippen LogP contribution in [-0.2, 0) is 0 Å². The lowest BCUT2D eigenvalue weighted by atomic mass is 10.1. The Hall–Kier alpha value is -2.21. The van der Waals surface area contributed by atoms with Crippen molar-refractivity contribution in [3.05, 3.63) is 41.9 Å². The number of carbonyl (C=O) groups excluding carboxylic acids is 1. The van der Waals surface area contributed by atoms with Gasteiger partial charge < -0.3 is 9.84 Å². The van der Waals surface area contributed by atoms with Gasteiger partial charge in [-0.1, -0.05) is 5.16 Å². The molecule has 1 atom stereocenters. The highest BCUT2D eigenvalue weighted by Crippen LogP contribution is 2.30. The molecule has 0 spiro atoms. The third kappa shape index (κ3) is 2.55. The van der Waals surface area contributed by atoms with E-state index in [-0.39, 0.29) is 5.91 Å². The molecule has 0 saturated carbocycles. The molecule has 6 nitrogen and oxygen atoms in total. The molecule has 2 aromatic heterocycles. The predicted molar refractivity (Wildman–Crippen MR) is 73.3 cm³/mol. The minimum atomic E-state index is -0.276. The number of likely N-dealkylation sites (tertiary alicyclic amines) is 1. The second-order valence-electron chi connectivity index (χ2n) is 4.95. The van der Waals surface area contributed by atoms with Gasteiger partial charge in [0.2, 0.25) is 0 Å². The van der Waals surface area contributed by atoms with Gasteiger partial charge in [-0.25, -0.2) is 0 Å². The van der Waals surface area contributed by atoms with Crippen LogP contribution in [0, 0.1) is 0 Å². The van der Waals surface area contributed by atoms with E-state index in [1.807, 2.05) is 12.1 Å². The van der Waals surface area contributed by atoms with Crippen LogP contribution in [-0.4, -0.2) is 34.5 Å². The molecule has 2 aromatic rings. The molecule has 104 valence electrons. The fourth-order valence-corrected chi connectivity index (χ4v) is 2.57. The smallest absolute Gasteiger partial charge is 0.275 e. The maximum atomic E-state index is 12.1. The highest BCUT2D eigenvalue weighted by Gasteiger charge is 2.23. The van der Waals surface area contributed by atoms with Crippen molar-refractivity contribution in [1.82, 2.24) is 15.0 Å². The van der Waals surface area contributed by atoms with Crippen molar-refractivity contribution in [2.45, 2.75) is 18.9 Å². The topological polar surface area (TPSA) is 71.3 Å². The van der Waals surface area contributed by atoms with Crippen LogP contribution in [0.3, 0.4) is 0 Å². The zero-order valence-electron chi connectivity index (χ0n) is 11.2. The molecule has 3 heterocycles. The fourth-order valence-electron chi connectivity index (χ4n) is 2.57. The van der Waals surface area contributed by atoms with Crippen LogP contribution >= 0.6 is 0 Å². The summed E-state index contributed by atoms with van der Waals surface area (Å²) in [6.07, 6.45) is 5.39. The SMILES string of the molecule is CN1CCC[C@@H]1c1ccnc(C(=O)Nc2ccon2)c1. The molecule has 0 aliphatic carbocycles. The minimum Gasteiger partial charge on any atom is -0.363 e. The van der Waals surface area contributed by atoms with E-state index in [1.165, 1.54) is 12.7 Å². The van der Waals surface area contributed by atoms with E-state index in [0.29, 0.717) is 17.6 Å². The zero-order chi connectivity index (χ0) is 13.9. The van der Waals surface area contributed by atoms with E-state index in [2.05, 4.69) is 31.9 Å². The van der Waals surface area contributed by atoms with E-state index < -0.39 is 0 Å². The van der Waals surface area contributed by atoms with Gasteiger partial charge in [0.1, 0.15) is 12.0 Å². The summed E-state index contributed by atoms with van der Waals surface area (Å²) in [6, 6.07) is 5.78. The van der Waals surface area contributed by atoms with Crippen molar-refractivity contribution >= 4 is 11.7 Å². The van der Waals surface area contributed by atoms with Crippen molar-refractivity contribution in [2.75, 3.05) is 18.9 Å². The largest absolute Gasteiger partial charge is 0.363 e. The molecule has 0 unspecified atom stereocenters. The molecular weight excluding hydrogens is 256 g/mol. The van der Waals surface area contributed by atoms with E-state index in [4.69, 9.17) is 0 Å². The Morgan fingerprint density at radius 3 is 3.10 bits per heavy atom. The number of nitrogens with one attached hydrogen (secondary N) is 1. The van der Waals surface area contributed by atoms with Crippen molar-refractivity contribution < 1.29 is 9.32 Å². The summed E-state index contributed by atoms with van der Waals surface area (Å²) >= 11 is 0. The van der Waals surface area contributed by atoms with Crippen molar-refractivity contribution in [3.8, 4) is 0 Å². The Labute approximate surface area is 116 Å². The highest BCUT2D eigenvalue weighted by atomic mass is 16.5. The molecule has 0 radical (unpaired) electrons. The summed E-state index contributed by atoms with van der Waals surface area (Å²) in [7, 11) is 2.10. The first-order valence-corrected chi connectivity index (χ1v) is 6.62. The number of hydrogen-bond donors (Lipinski definition) is 1. The third-order valence-electron chi connectivity index (χ3n) is 3.60. The molecule has 0 aromatic carbocycles. The number of anilines is 1. The lowest BCUT2D eigenvalue weighted by Gasteiger charge is -2.19. The summed E-state index contributed by atoms with van der Waals surface area (Å²) < 4.78 is 4.68. The van der Waals surface area contributed by atoms with E-state index in [9.17, 15) is 4.79 Å². The van der Waals surface area contributed by atoms with E-state index in [0.717, 1.165) is 18.5 Å². The summed E-state index contributed by atoms with van der Waals surface area (Å²) in [6.45, 7) is 1.09. The van der Waals surface area contributed by atoms with Gasteiger partial charge in [-0.15, -0.1) is 0 Å². The number of nitrogens with zero attached hydrogens (tertiary/aromatic N) is 3. The number of carbonyl (C=O) groups is 1. The molecule has 1 fully saturated rings. The first-order chi connectivity index (χ1) is 9.74. The predicted octanol–water partition coefficient (Wildman–Crippen LogP) is 2.09. The number of rotatable bonds is 3. The number of hydrogen-bond acceptors (Lipinski definition) is 5. The molecule has 0 bridgehead atoms. The number of pyridine rings is 1. The summed E-state index contributed by atoms with van der Waals surface area (Å²) in [5.41, 5.74) is 1.52. The Morgan fingerprint density at radius 1 is 1.50 bits per heavy atom. The Bertz CT molecular complexity index is 597. The number of aromatic nitrogens is 2. The van der Waals surface area contributed by atoms with Gasteiger partial charge >= 0.3 is 0 Å². The van der Waals surface area contributed by atoms with Gasteiger partial charge in [-0.3, -0.25) is 14.7 Å². The van der Waals surface area contributed by atoms with Gasteiger partial charge in [0.15, 0.2) is 5.82 Å². The molecule has 3 rings (SSSR count). The lowest BCUT2D eigenvalue weighted by molar-refractivity contribution is 0.102. The lowest BCUT2D eigenvalue weighted by Crippen LogP contribution is -2.19. The normalized spacial score (nSPS) is 19.1. The van der Waals surface area contributed by atoms with Gasteiger partial charge in [-0.2, -0.15) is 0 Å². The molecular formula is C14H16N4O2. The second kappa shape index (κ2) is 5.42. The maximum Gasteiger partial charge on any atom is 0.275 e. The van der Waals surface area contributed by atoms with Crippen molar-refractivity contribution in [3.63, 3.8) is 0 Å². The fraction of sp³-hybridized carbons (Fsp3) is 0.357. The van der Waals surface area contributed by atoms with Crippen LogP contribution in [0.1, 0.15) is 34.9 Å². The van der Waals surface area contributed by atoms with Crippen LogP contribution in [0.2, 0.25) is 0 Å². The minimum absolute atomic E-state index is 0.276. The van der Waals surface area contributed by atoms with E-state index >= 15 is 0 Å². The Morgan fingerprint density at radius 2 is 2.40 bits per heavy atom. The summed E-state index contributed by atoms with van der Waals surface area (Å²) in [5.74, 6) is 0.113. The van der Waals surface area contributed by atoms with Crippen molar-refractivity contribution in [2.24, 2.45) is 0 Å². The highest BCUT2D eigenvalue weighted by molar-refractivity contribution is 6.02. The van der Waals surface area contributed by atoms with Crippen LogP contribution in [0.4, 0.5) is 5.82 Å². The zero-order valence-corrected chi connectivity index (χ0v) is 11.2. The van der Waals surface area contributed by atoms with Crippen LogP contribution in [0.25, 0.3) is 0 Å². The third-order valence-corrected chi connectivity index (χ3v) is 3.60. The Kier molecular flexibility index (Phi) is 3.47. The number of amides is 1. The van der Waals surface area contributed by atoms with Crippen LogP contribution in [0.5, 0.6) is 0 Å². The molecule has 20 heavy (non-hydrogen) atoms. The molecule has 1 aliphatic heterocycles. The van der Waals surface area contributed by atoms with Crippen LogP contribution < -0.4 is 5.32 Å². The van der Waals surface area contributed by atoms with Gasteiger partial charge in [0.05, 0.1) is 0 Å². The monoisotopic (exact) mass is 272 g/mol. The first-order valence-electron chi connectivity index (χ1n) is 6.62. The quantitative estimate of drug-likeness (QED) is 0.926. The maximum absolute atomic E-state index is 12.1. The Balaban J connectivity index is 1.78. The molecule has 6 heteroatoms. The molecule has 1 N–H and O–H groups in total. The summed E-state index contributed by atoms with van der Waals surface area (Å²) in [4.78, 5) is 18.5. The average molecular weight is 272 g/mol. The second-order valence-corrected chi connectivity index (χ2v) is 4.95. The van der Waals surface area contributed by atoms with Crippen LogP contribution in [0.15, 0.2) is 35.2 Å². The standard InChI is InChI=1S/C14H16N4O2/c1-18-7-2-3-12(18)10-4-6-15-11(9-10)14(19)16-13-5-8-20-17-13/h4-6,8-9,12H,2-3,7H2,1H3,(H,16,17,19)/t12-/m1/s1. The summed E-state index contributed by atoms with van der Waals surface area (Å²) in [5, 5.41) is 6.30.